The molecule has 0 spiro atoms. The van der Waals surface area contributed by atoms with E-state index < -0.39 is 23.8 Å². The van der Waals surface area contributed by atoms with Crippen molar-refractivity contribution < 1.29 is 24.1 Å². The second-order valence-corrected chi connectivity index (χ2v) is 10.4. The largest absolute Gasteiger partial charge is 0.460 e. The average Bonchev–Trinajstić information content (AvgIpc) is 3.04. The van der Waals surface area contributed by atoms with Gasteiger partial charge in [0.05, 0.1) is 18.6 Å². The fraction of sp³-hybridized carbons (Fsp3) is 0.414. The maximum Gasteiger partial charge on any atom is 0.308 e. The Labute approximate surface area is 206 Å². The molecule has 35 heavy (non-hydrogen) atoms. The molecule has 6 heteroatoms. The van der Waals surface area contributed by atoms with Crippen LogP contribution in [0.1, 0.15) is 64.8 Å². The summed E-state index contributed by atoms with van der Waals surface area (Å²) in [6, 6.07) is 12.8. The number of ether oxygens (including phenoxy) is 1. The van der Waals surface area contributed by atoms with Crippen molar-refractivity contribution in [2.75, 3.05) is 0 Å². The summed E-state index contributed by atoms with van der Waals surface area (Å²) >= 11 is 0. The molecule has 3 aromatic rings. The summed E-state index contributed by atoms with van der Waals surface area (Å²) in [4.78, 5) is 12.0. The second kappa shape index (κ2) is 10.8. The van der Waals surface area contributed by atoms with Crippen molar-refractivity contribution in [2.45, 2.75) is 78.2 Å². The highest BCUT2D eigenvalue weighted by molar-refractivity contribution is 6.01. The van der Waals surface area contributed by atoms with Crippen molar-refractivity contribution in [3.05, 3.63) is 65.6 Å². The van der Waals surface area contributed by atoms with Gasteiger partial charge in [-0.05, 0) is 77.4 Å². The number of halogens is 1. The highest BCUT2D eigenvalue weighted by atomic mass is 19.1. The number of rotatable bonds is 8. The SMILES string of the molecule is Cc1ccc2c(c1)c(-c1ccc(F)cc1)c(/C=C/[C@H](O)C[C@H](O)CC(=O)OC(C)(C)C)n2C(C)C. The van der Waals surface area contributed by atoms with Crippen LogP contribution in [0.5, 0.6) is 0 Å². The second-order valence-electron chi connectivity index (χ2n) is 10.4. The maximum atomic E-state index is 13.7. The first-order valence-electron chi connectivity index (χ1n) is 12.0. The van der Waals surface area contributed by atoms with E-state index in [0.717, 1.165) is 33.3 Å². The van der Waals surface area contributed by atoms with E-state index >= 15 is 0 Å². The smallest absolute Gasteiger partial charge is 0.308 e. The van der Waals surface area contributed by atoms with Gasteiger partial charge >= 0.3 is 5.97 Å². The van der Waals surface area contributed by atoms with Crippen molar-refractivity contribution >= 4 is 22.9 Å². The lowest BCUT2D eigenvalue weighted by atomic mass is 10.00. The summed E-state index contributed by atoms with van der Waals surface area (Å²) in [6.45, 7) is 11.5. The van der Waals surface area contributed by atoms with E-state index in [2.05, 4.69) is 36.6 Å². The predicted molar refractivity (Wildman–Crippen MR) is 139 cm³/mol. The van der Waals surface area contributed by atoms with E-state index in [1.165, 1.54) is 12.1 Å². The Balaban J connectivity index is 1.95. The fourth-order valence-electron chi connectivity index (χ4n) is 4.31. The first kappa shape index (κ1) is 26.6. The maximum absolute atomic E-state index is 13.7. The quantitative estimate of drug-likeness (QED) is 0.376. The third kappa shape index (κ3) is 6.80. The molecule has 2 atom stereocenters. The Bertz CT molecular complexity index is 1200. The minimum atomic E-state index is -1.03. The molecule has 0 saturated carbocycles. The van der Waals surface area contributed by atoms with Crippen LogP contribution >= 0.6 is 0 Å². The Morgan fingerprint density at radius 3 is 2.37 bits per heavy atom. The molecule has 0 aliphatic carbocycles. The lowest BCUT2D eigenvalue weighted by molar-refractivity contribution is -0.157. The van der Waals surface area contributed by atoms with Gasteiger partial charge in [-0.25, -0.2) is 4.39 Å². The Hall–Kier alpha value is -2.96. The van der Waals surface area contributed by atoms with Gasteiger partial charge in [0, 0.05) is 34.6 Å². The summed E-state index contributed by atoms with van der Waals surface area (Å²) in [6.07, 6.45) is 1.30. The molecule has 0 amide bonds. The molecule has 188 valence electrons. The monoisotopic (exact) mass is 481 g/mol. The first-order valence-corrected chi connectivity index (χ1v) is 12.0. The number of aromatic nitrogens is 1. The zero-order valence-electron chi connectivity index (χ0n) is 21.4. The van der Waals surface area contributed by atoms with Crippen LogP contribution in [0.4, 0.5) is 4.39 Å². The molecule has 2 N–H and O–H groups in total. The van der Waals surface area contributed by atoms with Gasteiger partial charge in [0.15, 0.2) is 0 Å². The molecule has 0 aliphatic rings. The van der Waals surface area contributed by atoms with Crippen molar-refractivity contribution in [3.63, 3.8) is 0 Å². The minimum absolute atomic E-state index is 0.00262. The number of esters is 1. The van der Waals surface area contributed by atoms with Gasteiger partial charge in [0.2, 0.25) is 0 Å². The fourth-order valence-corrected chi connectivity index (χ4v) is 4.31. The van der Waals surface area contributed by atoms with E-state index in [1.54, 1.807) is 39.0 Å². The van der Waals surface area contributed by atoms with Gasteiger partial charge < -0.3 is 19.5 Å². The Morgan fingerprint density at radius 2 is 1.77 bits per heavy atom. The van der Waals surface area contributed by atoms with E-state index in [9.17, 15) is 19.4 Å². The molecule has 0 unspecified atom stereocenters. The first-order chi connectivity index (χ1) is 16.4. The van der Waals surface area contributed by atoms with Crippen LogP contribution in [-0.2, 0) is 9.53 Å². The van der Waals surface area contributed by atoms with Gasteiger partial charge in [-0.15, -0.1) is 0 Å². The molecule has 0 saturated heterocycles. The Kier molecular flexibility index (Phi) is 8.18. The highest BCUT2D eigenvalue weighted by Crippen LogP contribution is 2.38. The molecule has 1 aromatic heterocycles. The van der Waals surface area contributed by atoms with Crippen LogP contribution < -0.4 is 0 Å². The summed E-state index contributed by atoms with van der Waals surface area (Å²) < 4.78 is 21.1. The number of carbonyl (C=O) groups excluding carboxylic acids is 1. The van der Waals surface area contributed by atoms with Crippen LogP contribution in [0.3, 0.4) is 0 Å². The molecular formula is C29H36FNO4. The van der Waals surface area contributed by atoms with Crippen LogP contribution in [0, 0.1) is 12.7 Å². The topological polar surface area (TPSA) is 71.7 Å². The number of aliphatic hydroxyl groups excluding tert-OH is 2. The van der Waals surface area contributed by atoms with E-state index in [1.807, 2.05) is 13.0 Å². The summed E-state index contributed by atoms with van der Waals surface area (Å²) in [5.74, 6) is -0.806. The minimum Gasteiger partial charge on any atom is -0.460 e. The van der Waals surface area contributed by atoms with Crippen molar-refractivity contribution in [1.29, 1.82) is 0 Å². The molecule has 0 bridgehead atoms. The zero-order valence-corrected chi connectivity index (χ0v) is 21.4. The number of hydrogen-bond acceptors (Lipinski definition) is 4. The zero-order chi connectivity index (χ0) is 25.9. The molecule has 0 fully saturated rings. The number of aryl methyl sites for hydroxylation is 1. The van der Waals surface area contributed by atoms with Crippen LogP contribution in [0.2, 0.25) is 0 Å². The molecule has 0 radical (unpaired) electrons. The van der Waals surface area contributed by atoms with Gasteiger partial charge in [-0.3, -0.25) is 4.79 Å². The van der Waals surface area contributed by atoms with Crippen LogP contribution in [-0.4, -0.2) is 38.6 Å². The van der Waals surface area contributed by atoms with Crippen molar-refractivity contribution in [2.24, 2.45) is 0 Å². The highest BCUT2D eigenvalue weighted by Gasteiger charge is 2.22. The van der Waals surface area contributed by atoms with Crippen LogP contribution in [0.15, 0.2) is 48.5 Å². The van der Waals surface area contributed by atoms with E-state index in [-0.39, 0.29) is 24.7 Å². The number of carbonyl (C=O) groups is 1. The van der Waals surface area contributed by atoms with Gasteiger partial charge in [-0.1, -0.05) is 29.8 Å². The number of aliphatic hydroxyl groups is 2. The number of hydrogen-bond donors (Lipinski definition) is 2. The van der Waals surface area contributed by atoms with E-state index in [0.29, 0.717) is 0 Å². The lowest BCUT2D eigenvalue weighted by Crippen LogP contribution is -2.27. The van der Waals surface area contributed by atoms with Gasteiger partial charge in [0.1, 0.15) is 11.4 Å². The molecule has 0 aliphatic heterocycles. The lowest BCUT2D eigenvalue weighted by Gasteiger charge is -2.21. The number of benzene rings is 2. The summed E-state index contributed by atoms with van der Waals surface area (Å²) in [5.41, 5.74) is 4.24. The summed E-state index contributed by atoms with van der Waals surface area (Å²) in [5, 5.41) is 22.0. The normalized spacial score (nSPS) is 14.1. The van der Waals surface area contributed by atoms with Crippen molar-refractivity contribution in [1.82, 2.24) is 4.57 Å². The molecule has 5 nitrogen and oxygen atoms in total. The van der Waals surface area contributed by atoms with Crippen molar-refractivity contribution in [3.8, 4) is 11.1 Å². The average molecular weight is 482 g/mol. The van der Waals surface area contributed by atoms with E-state index in [4.69, 9.17) is 4.74 Å². The third-order valence-electron chi connectivity index (χ3n) is 5.66. The predicted octanol–water partition coefficient (Wildman–Crippen LogP) is 6.19. The third-order valence-corrected chi connectivity index (χ3v) is 5.66. The molecule has 3 rings (SSSR count). The molecule has 1 heterocycles. The standard InChI is InChI=1S/C29H36FNO4/c1-18(2)31-25-13-7-19(3)15-24(25)28(20-8-10-21(30)11-9-20)26(31)14-12-22(32)16-23(33)17-27(34)35-29(4,5)6/h7-15,18,22-23,32-33H,16-17H2,1-6H3/b14-12+/t22-,23-/m0/s1. The molecule has 2 aromatic carbocycles. The number of nitrogens with zero attached hydrogens (tertiary/aromatic N) is 1. The number of fused-ring (bicyclic) bond motifs is 1. The van der Waals surface area contributed by atoms with Crippen LogP contribution in [0.25, 0.3) is 28.1 Å². The Morgan fingerprint density at radius 1 is 1.11 bits per heavy atom. The van der Waals surface area contributed by atoms with Gasteiger partial charge in [0.25, 0.3) is 0 Å². The molecular weight excluding hydrogens is 445 g/mol. The summed E-state index contributed by atoms with van der Waals surface area (Å²) in [7, 11) is 0. The van der Waals surface area contributed by atoms with Gasteiger partial charge in [-0.2, -0.15) is 0 Å².